The number of nitrogens with one attached hydrogen (secondary N) is 1. The van der Waals surface area contributed by atoms with Crippen LogP contribution in [0.15, 0.2) is 53.4 Å². The number of amides is 1. The minimum atomic E-state index is 0.118. The second-order valence-corrected chi connectivity index (χ2v) is 9.08. The Morgan fingerprint density at radius 3 is 2.45 bits per heavy atom. The van der Waals surface area contributed by atoms with Crippen LogP contribution in [0.25, 0.3) is 0 Å². The Bertz CT molecular complexity index is 785. The van der Waals surface area contributed by atoms with Crippen LogP contribution in [-0.4, -0.2) is 55.3 Å². The van der Waals surface area contributed by atoms with Crippen LogP contribution in [0.5, 0.6) is 0 Å². The van der Waals surface area contributed by atoms with Gasteiger partial charge in [0.15, 0.2) is 0 Å². The highest BCUT2D eigenvalue weighted by Crippen LogP contribution is 2.19. The van der Waals surface area contributed by atoms with E-state index in [0.29, 0.717) is 5.75 Å². The molecule has 29 heavy (non-hydrogen) atoms. The molecular weight excluding hydrogens is 378 g/mol. The lowest BCUT2D eigenvalue weighted by atomic mass is 10.1. The number of hydrogen-bond acceptors (Lipinski definition) is 4. The number of aryl methyl sites for hydroxylation is 2. The van der Waals surface area contributed by atoms with Crippen LogP contribution < -0.4 is 10.2 Å². The van der Waals surface area contributed by atoms with Crippen LogP contribution in [0.4, 0.5) is 5.69 Å². The first-order chi connectivity index (χ1) is 14.0. The van der Waals surface area contributed by atoms with E-state index in [9.17, 15) is 4.79 Å². The summed E-state index contributed by atoms with van der Waals surface area (Å²) in [6.45, 7) is 11.7. The van der Waals surface area contributed by atoms with Crippen LogP contribution in [0.2, 0.25) is 0 Å². The first kappa shape index (κ1) is 21.7. The van der Waals surface area contributed by atoms with Gasteiger partial charge in [-0.25, -0.2) is 0 Å². The average Bonchev–Trinajstić information content (AvgIpc) is 2.72. The molecule has 156 valence electrons. The van der Waals surface area contributed by atoms with E-state index < -0.39 is 0 Å². The van der Waals surface area contributed by atoms with Gasteiger partial charge in [-0.1, -0.05) is 29.8 Å². The Hall–Kier alpha value is -1.98. The molecule has 1 aliphatic heterocycles. The molecule has 0 bridgehead atoms. The molecule has 0 saturated carbocycles. The highest BCUT2D eigenvalue weighted by molar-refractivity contribution is 8.00. The number of carbonyl (C=O) groups excluding carboxylic acids is 1. The van der Waals surface area contributed by atoms with Crippen molar-refractivity contribution in [2.24, 2.45) is 0 Å². The summed E-state index contributed by atoms with van der Waals surface area (Å²) in [7, 11) is 0. The van der Waals surface area contributed by atoms with Gasteiger partial charge in [0.2, 0.25) is 5.91 Å². The number of piperazine rings is 1. The number of anilines is 1. The van der Waals surface area contributed by atoms with Crippen LogP contribution in [-0.2, 0) is 4.79 Å². The Labute approximate surface area is 179 Å². The molecule has 2 aromatic carbocycles. The molecule has 1 amide bonds. The smallest absolute Gasteiger partial charge is 0.230 e. The van der Waals surface area contributed by atoms with Crippen molar-refractivity contribution in [1.82, 2.24) is 10.2 Å². The van der Waals surface area contributed by atoms with Crippen LogP contribution in [0.3, 0.4) is 0 Å². The van der Waals surface area contributed by atoms with E-state index in [1.807, 2.05) is 0 Å². The zero-order chi connectivity index (χ0) is 20.6. The minimum Gasteiger partial charge on any atom is -0.369 e. The molecule has 5 heteroatoms. The van der Waals surface area contributed by atoms with E-state index in [2.05, 4.69) is 84.4 Å². The number of nitrogens with zero attached hydrogens (tertiary/aromatic N) is 2. The maximum atomic E-state index is 12.2. The van der Waals surface area contributed by atoms with Gasteiger partial charge in [0, 0.05) is 49.3 Å². The minimum absolute atomic E-state index is 0.118. The number of rotatable bonds is 8. The predicted octanol–water partition coefficient (Wildman–Crippen LogP) is 4.11. The van der Waals surface area contributed by atoms with E-state index >= 15 is 0 Å². The van der Waals surface area contributed by atoms with Gasteiger partial charge in [-0.05, 0) is 57.0 Å². The zero-order valence-electron chi connectivity index (χ0n) is 17.9. The lowest BCUT2D eigenvalue weighted by molar-refractivity contribution is -0.119. The number of benzene rings is 2. The van der Waals surface area contributed by atoms with Crippen molar-refractivity contribution in [3.8, 4) is 0 Å². The lowest BCUT2D eigenvalue weighted by Crippen LogP contribution is -2.47. The van der Waals surface area contributed by atoms with Gasteiger partial charge in [-0.2, -0.15) is 0 Å². The molecule has 1 heterocycles. The van der Waals surface area contributed by atoms with E-state index in [-0.39, 0.29) is 11.9 Å². The second kappa shape index (κ2) is 10.7. The van der Waals surface area contributed by atoms with E-state index in [1.54, 1.807) is 11.8 Å². The van der Waals surface area contributed by atoms with Crippen molar-refractivity contribution in [3.05, 3.63) is 59.7 Å². The molecular formula is C24H33N3OS. The Balaban J connectivity index is 1.33. The summed E-state index contributed by atoms with van der Waals surface area (Å²) in [5.74, 6) is 0.593. The first-order valence-corrected chi connectivity index (χ1v) is 11.5. The summed E-state index contributed by atoms with van der Waals surface area (Å²) in [5, 5.41) is 3.15. The molecule has 1 fully saturated rings. The SMILES string of the molecule is Cc1ccc(SCC(=O)NC(C)CCN2CCN(c3cccc(C)c3)CC2)cc1. The maximum Gasteiger partial charge on any atom is 0.230 e. The Morgan fingerprint density at radius 2 is 1.76 bits per heavy atom. The third-order valence-electron chi connectivity index (χ3n) is 5.42. The van der Waals surface area contributed by atoms with Gasteiger partial charge in [-0.3, -0.25) is 9.69 Å². The van der Waals surface area contributed by atoms with Crippen molar-refractivity contribution >= 4 is 23.4 Å². The fraction of sp³-hybridized carbons (Fsp3) is 0.458. The number of carbonyl (C=O) groups is 1. The molecule has 1 N–H and O–H groups in total. The summed E-state index contributed by atoms with van der Waals surface area (Å²) in [5.41, 5.74) is 3.89. The van der Waals surface area contributed by atoms with Crippen molar-refractivity contribution in [3.63, 3.8) is 0 Å². The summed E-state index contributed by atoms with van der Waals surface area (Å²) in [4.78, 5) is 18.3. The van der Waals surface area contributed by atoms with E-state index in [4.69, 9.17) is 0 Å². The maximum absolute atomic E-state index is 12.2. The average molecular weight is 412 g/mol. The monoisotopic (exact) mass is 411 g/mol. The van der Waals surface area contributed by atoms with E-state index in [0.717, 1.165) is 44.0 Å². The Kier molecular flexibility index (Phi) is 8.01. The van der Waals surface area contributed by atoms with Crippen LogP contribution in [0, 0.1) is 13.8 Å². The van der Waals surface area contributed by atoms with Crippen LogP contribution >= 0.6 is 11.8 Å². The Morgan fingerprint density at radius 1 is 1.03 bits per heavy atom. The fourth-order valence-electron chi connectivity index (χ4n) is 3.60. The molecule has 1 aliphatic rings. The van der Waals surface area contributed by atoms with Crippen molar-refractivity contribution in [2.75, 3.05) is 43.4 Å². The van der Waals surface area contributed by atoms with Gasteiger partial charge in [0.25, 0.3) is 0 Å². The normalized spacial score (nSPS) is 15.9. The third-order valence-corrected chi connectivity index (χ3v) is 6.43. The standard InChI is InChI=1S/C24H33N3OS/c1-19-7-9-23(10-8-19)29-18-24(28)25-21(3)11-12-26-13-15-27(16-14-26)22-6-4-5-20(2)17-22/h4-10,17,21H,11-16,18H2,1-3H3,(H,25,28). The molecule has 4 nitrogen and oxygen atoms in total. The molecule has 0 spiro atoms. The van der Waals surface area contributed by atoms with Gasteiger partial charge < -0.3 is 10.2 Å². The summed E-state index contributed by atoms with van der Waals surface area (Å²) in [6, 6.07) is 17.3. The van der Waals surface area contributed by atoms with Crippen LogP contribution in [0.1, 0.15) is 24.5 Å². The molecule has 0 aromatic heterocycles. The van der Waals surface area contributed by atoms with Crippen molar-refractivity contribution in [2.45, 2.75) is 38.1 Å². The van der Waals surface area contributed by atoms with Gasteiger partial charge >= 0.3 is 0 Å². The summed E-state index contributed by atoms with van der Waals surface area (Å²) in [6.07, 6.45) is 0.991. The molecule has 0 radical (unpaired) electrons. The number of hydrogen-bond donors (Lipinski definition) is 1. The molecule has 1 saturated heterocycles. The topological polar surface area (TPSA) is 35.6 Å². The first-order valence-electron chi connectivity index (χ1n) is 10.5. The second-order valence-electron chi connectivity index (χ2n) is 8.03. The highest BCUT2D eigenvalue weighted by atomic mass is 32.2. The van der Waals surface area contributed by atoms with Gasteiger partial charge in [-0.15, -0.1) is 11.8 Å². The highest BCUT2D eigenvalue weighted by Gasteiger charge is 2.18. The predicted molar refractivity (Wildman–Crippen MR) is 124 cm³/mol. The van der Waals surface area contributed by atoms with E-state index in [1.165, 1.54) is 16.8 Å². The quantitative estimate of drug-likeness (QED) is 0.663. The molecule has 3 rings (SSSR count). The van der Waals surface area contributed by atoms with Crippen molar-refractivity contribution in [1.29, 1.82) is 0 Å². The molecule has 1 atom stereocenters. The summed E-state index contributed by atoms with van der Waals surface area (Å²) >= 11 is 1.60. The zero-order valence-corrected chi connectivity index (χ0v) is 18.7. The summed E-state index contributed by atoms with van der Waals surface area (Å²) < 4.78 is 0. The lowest BCUT2D eigenvalue weighted by Gasteiger charge is -2.36. The largest absolute Gasteiger partial charge is 0.369 e. The van der Waals surface area contributed by atoms with Gasteiger partial charge in [0.1, 0.15) is 0 Å². The molecule has 2 aromatic rings. The molecule has 0 aliphatic carbocycles. The van der Waals surface area contributed by atoms with Gasteiger partial charge in [0.05, 0.1) is 5.75 Å². The van der Waals surface area contributed by atoms with Crippen molar-refractivity contribution < 1.29 is 4.79 Å². The number of thioether (sulfide) groups is 1. The molecule has 1 unspecified atom stereocenters. The fourth-order valence-corrected chi connectivity index (χ4v) is 4.31. The third kappa shape index (κ3) is 7.09.